The van der Waals surface area contributed by atoms with Crippen molar-refractivity contribution in [3.63, 3.8) is 0 Å². The number of rotatable bonds is 6. The summed E-state index contributed by atoms with van der Waals surface area (Å²) in [5.41, 5.74) is 7.84. The number of piperidine rings is 1. The van der Waals surface area contributed by atoms with Crippen LogP contribution in [0.4, 0.5) is 13.2 Å². The summed E-state index contributed by atoms with van der Waals surface area (Å²) in [5.74, 6) is -2.08. The number of likely N-dealkylation sites (tertiary alicyclic amines) is 1. The molecular weight excluding hydrogens is 509 g/mol. The lowest BCUT2D eigenvalue weighted by Gasteiger charge is -2.57. The molecule has 0 unspecified atom stereocenters. The van der Waals surface area contributed by atoms with Gasteiger partial charge in [-0.05, 0) is 63.0 Å². The van der Waals surface area contributed by atoms with Crippen molar-refractivity contribution in [3.8, 4) is 11.5 Å². The van der Waals surface area contributed by atoms with Crippen LogP contribution in [-0.4, -0.2) is 72.0 Å². The van der Waals surface area contributed by atoms with Gasteiger partial charge in [-0.25, -0.2) is 4.79 Å². The van der Waals surface area contributed by atoms with Crippen LogP contribution in [0, 0.1) is 5.92 Å². The number of aliphatic carboxylic acids is 1. The van der Waals surface area contributed by atoms with Crippen LogP contribution < -0.4 is 15.2 Å². The zero-order valence-electron chi connectivity index (χ0n) is 21.1. The number of halogens is 3. The van der Waals surface area contributed by atoms with Gasteiger partial charge in [-0.3, -0.25) is 14.5 Å². The Morgan fingerprint density at radius 1 is 1.18 bits per heavy atom. The number of hydrogen-bond donors (Lipinski definition) is 2. The molecule has 1 saturated heterocycles. The Morgan fingerprint density at radius 3 is 2.50 bits per heavy atom. The quantitative estimate of drug-likeness (QED) is 0.242. The van der Waals surface area contributed by atoms with Crippen molar-refractivity contribution >= 4 is 17.9 Å². The summed E-state index contributed by atoms with van der Waals surface area (Å²) in [6, 6.07) is 4.29. The average Bonchev–Trinajstić information content (AvgIpc) is 3.17. The van der Waals surface area contributed by atoms with E-state index in [4.69, 9.17) is 29.8 Å². The molecular formula is C26H31F3N2O7. The monoisotopic (exact) mass is 540 g/mol. The summed E-state index contributed by atoms with van der Waals surface area (Å²) in [6.07, 6.45) is 2.34. The van der Waals surface area contributed by atoms with Crippen molar-refractivity contribution in [2.45, 2.75) is 69.4 Å². The van der Waals surface area contributed by atoms with E-state index in [1.165, 1.54) is 19.4 Å². The summed E-state index contributed by atoms with van der Waals surface area (Å²) in [7, 11) is 0. The van der Waals surface area contributed by atoms with Crippen LogP contribution >= 0.6 is 0 Å². The summed E-state index contributed by atoms with van der Waals surface area (Å²) in [4.78, 5) is 35.0. The summed E-state index contributed by atoms with van der Waals surface area (Å²) in [5, 5.41) is 7.12. The van der Waals surface area contributed by atoms with Crippen molar-refractivity contribution in [1.29, 1.82) is 0 Å². The van der Waals surface area contributed by atoms with Gasteiger partial charge in [0, 0.05) is 36.8 Å². The summed E-state index contributed by atoms with van der Waals surface area (Å²) >= 11 is 0. The smallest absolute Gasteiger partial charge is 0.481 e. The maximum atomic E-state index is 11.8. The van der Waals surface area contributed by atoms with Gasteiger partial charge in [0.1, 0.15) is 6.10 Å². The number of alkyl halides is 3. The van der Waals surface area contributed by atoms with Crippen LogP contribution in [-0.2, 0) is 31.0 Å². The molecule has 4 aliphatic rings. The number of nitrogens with zero attached hydrogens (tertiary/aromatic N) is 1. The fraction of sp³-hybridized carbons (Fsp3) is 0.577. The number of carbonyl (C=O) groups is 3. The minimum atomic E-state index is -5.08. The number of carbonyl (C=O) groups excluding carboxylic acids is 2. The van der Waals surface area contributed by atoms with Crippen LogP contribution in [0.3, 0.4) is 0 Å². The standard InChI is InChI=1S/C24H30N2O5.C2HF3O2/c1-14(27)29-19-7-5-16-13-18-17-6-8-20(30-15(2)28)23-24(17,21(16)22(19)31-23)9-12-26(18)11-4-3-10-25;3-2(4,5)1(6)7/h5-8,17-18,20,23H,3-4,9-13,25H2,1-2H3;(H,6,7)/t17-,18+,20-,23-,24-;/m0./s1. The normalized spacial score (nSPS) is 28.4. The molecule has 9 nitrogen and oxygen atoms in total. The molecule has 1 spiro atoms. The lowest BCUT2D eigenvalue weighted by molar-refractivity contribution is -0.192. The zero-order valence-corrected chi connectivity index (χ0v) is 21.1. The third kappa shape index (κ3) is 4.98. The highest BCUT2D eigenvalue weighted by atomic mass is 19.4. The van der Waals surface area contributed by atoms with E-state index >= 15 is 0 Å². The van der Waals surface area contributed by atoms with Crippen molar-refractivity contribution < 1.29 is 46.9 Å². The first-order valence-electron chi connectivity index (χ1n) is 12.5. The van der Waals surface area contributed by atoms with Crippen molar-refractivity contribution in [1.82, 2.24) is 4.90 Å². The number of carboxylic acids is 1. The second-order valence-corrected chi connectivity index (χ2v) is 9.94. The minimum absolute atomic E-state index is 0.261. The van der Waals surface area contributed by atoms with Crippen LogP contribution in [0.15, 0.2) is 24.3 Å². The maximum absolute atomic E-state index is 11.8. The largest absolute Gasteiger partial charge is 0.490 e. The predicted molar refractivity (Wildman–Crippen MR) is 128 cm³/mol. The number of unbranched alkanes of at least 4 members (excludes halogenated alkanes) is 1. The first-order chi connectivity index (χ1) is 17.9. The Labute approximate surface area is 217 Å². The molecule has 2 aliphatic heterocycles. The van der Waals surface area contributed by atoms with E-state index in [1.54, 1.807) is 0 Å². The number of nitrogens with two attached hydrogens (primary N) is 1. The number of benzene rings is 1. The Morgan fingerprint density at radius 2 is 1.89 bits per heavy atom. The molecule has 2 aliphatic carbocycles. The number of ether oxygens (including phenoxy) is 3. The summed E-state index contributed by atoms with van der Waals surface area (Å²) in [6.45, 7) is 5.54. The molecule has 5 rings (SSSR count). The lowest BCUT2D eigenvalue weighted by Crippen LogP contribution is -2.65. The van der Waals surface area contributed by atoms with Gasteiger partial charge < -0.3 is 25.1 Å². The Balaban J connectivity index is 0.000000426. The van der Waals surface area contributed by atoms with Gasteiger partial charge >= 0.3 is 24.1 Å². The van der Waals surface area contributed by atoms with E-state index in [-0.39, 0.29) is 29.4 Å². The molecule has 1 fully saturated rings. The average molecular weight is 541 g/mol. The first-order valence-corrected chi connectivity index (χ1v) is 12.5. The molecule has 3 N–H and O–H groups in total. The van der Waals surface area contributed by atoms with Crippen LogP contribution in [0.25, 0.3) is 0 Å². The number of hydrogen-bond acceptors (Lipinski definition) is 8. The highest BCUT2D eigenvalue weighted by molar-refractivity contribution is 5.73. The molecule has 12 heteroatoms. The fourth-order valence-electron chi connectivity index (χ4n) is 6.37. The third-order valence-electron chi connectivity index (χ3n) is 7.65. The molecule has 0 amide bonds. The second-order valence-electron chi connectivity index (χ2n) is 9.94. The molecule has 2 bridgehead atoms. The molecule has 2 heterocycles. The Kier molecular flexibility index (Phi) is 7.76. The Bertz CT molecular complexity index is 1140. The molecule has 0 saturated carbocycles. The topological polar surface area (TPSA) is 128 Å². The van der Waals surface area contributed by atoms with Gasteiger partial charge in [-0.1, -0.05) is 12.1 Å². The lowest BCUT2D eigenvalue weighted by atomic mass is 9.53. The van der Waals surface area contributed by atoms with E-state index in [0.717, 1.165) is 50.9 Å². The second kappa shape index (κ2) is 10.6. The van der Waals surface area contributed by atoms with E-state index in [2.05, 4.69) is 17.0 Å². The zero-order chi connectivity index (χ0) is 27.8. The molecule has 0 aromatic heterocycles. The predicted octanol–water partition coefficient (Wildman–Crippen LogP) is 2.73. The third-order valence-corrected chi connectivity index (χ3v) is 7.65. The van der Waals surface area contributed by atoms with Gasteiger partial charge in [0.25, 0.3) is 0 Å². The molecule has 0 radical (unpaired) electrons. The van der Waals surface area contributed by atoms with Crippen molar-refractivity contribution in [2.24, 2.45) is 11.7 Å². The number of esters is 2. The highest BCUT2D eigenvalue weighted by Gasteiger charge is 2.65. The van der Waals surface area contributed by atoms with E-state index in [0.29, 0.717) is 17.5 Å². The fourth-order valence-corrected chi connectivity index (χ4v) is 6.37. The van der Waals surface area contributed by atoms with Gasteiger partial charge in [-0.2, -0.15) is 13.2 Å². The van der Waals surface area contributed by atoms with Crippen LogP contribution in [0.5, 0.6) is 11.5 Å². The molecule has 38 heavy (non-hydrogen) atoms. The van der Waals surface area contributed by atoms with Gasteiger partial charge in [0.2, 0.25) is 0 Å². The van der Waals surface area contributed by atoms with Gasteiger partial charge in [0.15, 0.2) is 17.6 Å². The van der Waals surface area contributed by atoms with E-state index in [9.17, 15) is 22.8 Å². The summed E-state index contributed by atoms with van der Waals surface area (Å²) < 4.78 is 49.4. The van der Waals surface area contributed by atoms with Gasteiger partial charge in [-0.15, -0.1) is 0 Å². The van der Waals surface area contributed by atoms with Crippen molar-refractivity contribution in [2.75, 3.05) is 19.6 Å². The minimum Gasteiger partial charge on any atom is -0.481 e. The first kappa shape index (κ1) is 27.9. The van der Waals surface area contributed by atoms with Gasteiger partial charge in [0.05, 0.1) is 0 Å². The number of carboxylic acid groups (broad SMARTS) is 1. The SMILES string of the molecule is CC(=O)Oc1ccc2c3c1O[C@H]1[C@@H](OC(C)=O)C=C[C@H]4[C@@H](C2)N(CCCCN)CC[C@@]341.O=C(O)C(F)(F)F. The Hall–Kier alpha value is -3.12. The maximum Gasteiger partial charge on any atom is 0.490 e. The highest BCUT2D eigenvalue weighted by Crippen LogP contribution is 2.63. The van der Waals surface area contributed by atoms with Crippen molar-refractivity contribution in [3.05, 3.63) is 35.4 Å². The molecule has 1 aromatic rings. The molecule has 5 atom stereocenters. The van der Waals surface area contributed by atoms with Crippen LogP contribution in [0.1, 0.15) is 44.2 Å². The van der Waals surface area contributed by atoms with E-state index in [1.807, 2.05) is 12.1 Å². The van der Waals surface area contributed by atoms with E-state index < -0.39 is 18.2 Å². The molecule has 208 valence electrons. The van der Waals surface area contributed by atoms with Crippen LogP contribution in [0.2, 0.25) is 0 Å². The molecule has 1 aromatic carbocycles.